The first-order valence-corrected chi connectivity index (χ1v) is 12.3. The monoisotopic (exact) mass is 483 g/mol. The van der Waals surface area contributed by atoms with E-state index in [4.69, 9.17) is 9.72 Å². The second-order valence-electron chi connectivity index (χ2n) is 9.84. The Morgan fingerprint density at radius 1 is 1.11 bits per heavy atom. The largest absolute Gasteiger partial charge is 0.478 e. The standard InChI is InChI=1S/C27H29N7O2/c1-27(2)21-12-11-19(15-18(21)17-32(27)3)29-26-28-16-20-24(31-26)34-22-9-8-10-23(30-22)36-14-7-5-4-6-13-33(34)25(20)35/h4,6,8-12,15-16H,5,7,13-14,17H2,1-3H3,(H,28,29,31)/b6-4-. The highest BCUT2D eigenvalue weighted by Crippen LogP contribution is 2.38. The number of hydrogen-bond donors (Lipinski definition) is 1. The Labute approximate surface area is 209 Å². The number of benzene rings is 1. The predicted octanol–water partition coefficient (Wildman–Crippen LogP) is 4.13. The molecule has 0 atom stereocenters. The molecule has 0 radical (unpaired) electrons. The summed E-state index contributed by atoms with van der Waals surface area (Å²) in [7, 11) is 2.14. The van der Waals surface area contributed by atoms with Crippen LogP contribution in [0, 0.1) is 0 Å². The van der Waals surface area contributed by atoms with Crippen LogP contribution >= 0.6 is 0 Å². The molecule has 4 aromatic rings. The van der Waals surface area contributed by atoms with Gasteiger partial charge in [0.15, 0.2) is 11.5 Å². The average Bonchev–Trinajstić information content (AvgIpc) is 3.26. The van der Waals surface area contributed by atoms with Crippen molar-refractivity contribution in [2.45, 2.75) is 45.3 Å². The SMILES string of the molecule is CN1Cc2cc(Nc3ncc4c(=O)n5n(c4n3)-c3cccc(n3)OCCC/C=C\C5)ccc2C1(C)C. The van der Waals surface area contributed by atoms with E-state index in [1.807, 2.05) is 24.3 Å². The number of allylic oxidation sites excluding steroid dienone is 2. The molecule has 6 rings (SSSR count). The molecule has 184 valence electrons. The molecule has 0 amide bonds. The van der Waals surface area contributed by atoms with Gasteiger partial charge in [-0.15, -0.1) is 0 Å². The molecule has 0 fully saturated rings. The van der Waals surface area contributed by atoms with Crippen molar-refractivity contribution in [2.24, 2.45) is 0 Å². The Bertz CT molecular complexity index is 1550. The van der Waals surface area contributed by atoms with Gasteiger partial charge in [-0.1, -0.05) is 24.3 Å². The predicted molar refractivity (Wildman–Crippen MR) is 139 cm³/mol. The molecule has 5 heterocycles. The number of rotatable bonds is 2. The van der Waals surface area contributed by atoms with Crippen LogP contribution in [0.2, 0.25) is 0 Å². The third-order valence-electron chi connectivity index (χ3n) is 7.19. The molecule has 2 aliphatic heterocycles. The second kappa shape index (κ2) is 8.60. The van der Waals surface area contributed by atoms with Crippen molar-refractivity contribution in [3.63, 3.8) is 0 Å². The highest BCUT2D eigenvalue weighted by molar-refractivity contribution is 5.77. The molecule has 0 spiro atoms. The van der Waals surface area contributed by atoms with Gasteiger partial charge in [0.05, 0.1) is 13.2 Å². The maximum atomic E-state index is 13.3. The lowest BCUT2D eigenvalue weighted by molar-refractivity contribution is 0.178. The molecule has 9 heteroatoms. The van der Waals surface area contributed by atoms with Crippen molar-refractivity contribution in [1.29, 1.82) is 0 Å². The summed E-state index contributed by atoms with van der Waals surface area (Å²) in [6, 6.07) is 11.9. The number of nitrogens with zero attached hydrogens (tertiary/aromatic N) is 6. The van der Waals surface area contributed by atoms with E-state index in [0.717, 1.165) is 25.1 Å². The van der Waals surface area contributed by atoms with Crippen molar-refractivity contribution in [1.82, 2.24) is 29.2 Å². The van der Waals surface area contributed by atoms with Crippen LogP contribution in [0.1, 0.15) is 37.8 Å². The third-order valence-corrected chi connectivity index (χ3v) is 7.19. The lowest BCUT2D eigenvalue weighted by Crippen LogP contribution is -2.31. The minimum Gasteiger partial charge on any atom is -0.478 e. The van der Waals surface area contributed by atoms with Crippen LogP contribution in [-0.4, -0.2) is 42.9 Å². The summed E-state index contributed by atoms with van der Waals surface area (Å²) < 4.78 is 9.21. The minimum absolute atomic E-state index is 0.00241. The van der Waals surface area contributed by atoms with Crippen LogP contribution in [0.3, 0.4) is 0 Å². The molecule has 1 N–H and O–H groups in total. The Morgan fingerprint density at radius 2 is 2.00 bits per heavy atom. The van der Waals surface area contributed by atoms with Gasteiger partial charge in [-0.25, -0.2) is 14.3 Å². The Hall–Kier alpha value is -3.98. The number of pyridine rings is 1. The zero-order chi connectivity index (χ0) is 24.9. The fourth-order valence-electron chi connectivity index (χ4n) is 4.95. The van der Waals surface area contributed by atoms with E-state index in [1.54, 1.807) is 15.6 Å². The van der Waals surface area contributed by atoms with Gasteiger partial charge in [-0.05, 0) is 63.1 Å². The van der Waals surface area contributed by atoms with Crippen molar-refractivity contribution in [2.75, 3.05) is 19.0 Å². The molecule has 2 aliphatic rings. The average molecular weight is 484 g/mol. The molecule has 0 aliphatic carbocycles. The van der Waals surface area contributed by atoms with Crippen molar-refractivity contribution in [3.05, 3.63) is 76.2 Å². The molecule has 2 bridgehead atoms. The normalized spacial score (nSPS) is 18.0. The van der Waals surface area contributed by atoms with Gasteiger partial charge >= 0.3 is 0 Å². The van der Waals surface area contributed by atoms with E-state index in [-0.39, 0.29) is 11.1 Å². The fraction of sp³-hybridized carbons (Fsp3) is 0.333. The summed E-state index contributed by atoms with van der Waals surface area (Å²) in [5, 5.41) is 3.77. The van der Waals surface area contributed by atoms with Crippen LogP contribution in [0.25, 0.3) is 16.9 Å². The fourth-order valence-corrected chi connectivity index (χ4v) is 4.95. The third kappa shape index (κ3) is 3.76. The van der Waals surface area contributed by atoms with Gasteiger partial charge in [-0.3, -0.25) is 9.69 Å². The lowest BCUT2D eigenvalue weighted by Gasteiger charge is -2.28. The molecule has 0 saturated heterocycles. The number of nitrogens with one attached hydrogen (secondary N) is 1. The molecule has 36 heavy (non-hydrogen) atoms. The minimum atomic E-state index is -0.158. The maximum absolute atomic E-state index is 13.3. The summed E-state index contributed by atoms with van der Waals surface area (Å²) in [6.45, 7) is 6.36. The summed E-state index contributed by atoms with van der Waals surface area (Å²) in [4.78, 5) is 29.5. The first-order chi connectivity index (χ1) is 17.4. The lowest BCUT2D eigenvalue weighted by atomic mass is 9.94. The van der Waals surface area contributed by atoms with Crippen LogP contribution in [0.4, 0.5) is 11.6 Å². The van der Waals surface area contributed by atoms with E-state index < -0.39 is 0 Å². The van der Waals surface area contributed by atoms with Crippen molar-refractivity contribution >= 4 is 22.7 Å². The number of aromatic nitrogens is 5. The van der Waals surface area contributed by atoms with Gasteiger partial charge in [0.2, 0.25) is 11.8 Å². The van der Waals surface area contributed by atoms with Gasteiger partial charge < -0.3 is 10.1 Å². The van der Waals surface area contributed by atoms with Crippen LogP contribution in [0.5, 0.6) is 5.88 Å². The maximum Gasteiger partial charge on any atom is 0.278 e. The molecular weight excluding hydrogens is 454 g/mol. The second-order valence-corrected chi connectivity index (χ2v) is 9.84. The van der Waals surface area contributed by atoms with E-state index in [0.29, 0.717) is 41.8 Å². The van der Waals surface area contributed by atoms with Gasteiger partial charge in [0, 0.05) is 30.0 Å². The van der Waals surface area contributed by atoms with Gasteiger partial charge in [-0.2, -0.15) is 9.97 Å². The van der Waals surface area contributed by atoms with E-state index in [1.165, 1.54) is 11.1 Å². The topological polar surface area (TPSA) is 90.1 Å². The van der Waals surface area contributed by atoms with Crippen LogP contribution in [-0.2, 0) is 18.6 Å². The zero-order valence-electron chi connectivity index (χ0n) is 20.7. The molecule has 0 saturated carbocycles. The Kier molecular flexibility index (Phi) is 5.37. The number of fused-ring (bicyclic) bond motifs is 7. The van der Waals surface area contributed by atoms with Gasteiger partial charge in [0.25, 0.3) is 5.56 Å². The van der Waals surface area contributed by atoms with E-state index in [2.05, 4.69) is 65.4 Å². The molecular formula is C27H29N7O2. The number of anilines is 2. The zero-order valence-corrected chi connectivity index (χ0v) is 20.7. The summed E-state index contributed by atoms with van der Waals surface area (Å²) in [6.07, 6.45) is 7.42. The highest BCUT2D eigenvalue weighted by atomic mass is 16.5. The highest BCUT2D eigenvalue weighted by Gasteiger charge is 2.34. The first kappa shape index (κ1) is 22.5. The first-order valence-electron chi connectivity index (χ1n) is 12.3. The molecule has 3 aromatic heterocycles. The number of hydrogen-bond acceptors (Lipinski definition) is 7. The molecule has 1 aromatic carbocycles. The van der Waals surface area contributed by atoms with Crippen LogP contribution in [0.15, 0.2) is 59.5 Å². The smallest absolute Gasteiger partial charge is 0.278 e. The Balaban J connectivity index is 1.43. The van der Waals surface area contributed by atoms with Gasteiger partial charge in [0.1, 0.15) is 5.39 Å². The van der Waals surface area contributed by atoms with Crippen molar-refractivity contribution < 1.29 is 4.74 Å². The molecule has 9 nitrogen and oxygen atoms in total. The Morgan fingerprint density at radius 3 is 2.89 bits per heavy atom. The number of ether oxygens (including phenoxy) is 1. The van der Waals surface area contributed by atoms with E-state index in [9.17, 15) is 4.79 Å². The summed E-state index contributed by atoms with van der Waals surface area (Å²) in [5.41, 5.74) is 3.86. The quantitative estimate of drug-likeness (QED) is 0.429. The van der Waals surface area contributed by atoms with E-state index >= 15 is 0 Å². The molecule has 0 unspecified atom stereocenters. The van der Waals surface area contributed by atoms with Crippen LogP contribution < -0.4 is 15.6 Å². The summed E-state index contributed by atoms with van der Waals surface area (Å²) >= 11 is 0. The summed E-state index contributed by atoms with van der Waals surface area (Å²) in [5.74, 6) is 1.51. The van der Waals surface area contributed by atoms with Crippen molar-refractivity contribution in [3.8, 4) is 11.7 Å².